The highest BCUT2D eigenvalue weighted by atomic mass is 16.5. The van der Waals surface area contributed by atoms with E-state index in [1.807, 2.05) is 32.9 Å². The van der Waals surface area contributed by atoms with Crippen LogP contribution in [0.15, 0.2) is 24.5 Å². The molecule has 2 aromatic heterocycles. The predicted octanol–water partition coefficient (Wildman–Crippen LogP) is 3.77. The van der Waals surface area contributed by atoms with E-state index in [0.29, 0.717) is 30.1 Å². The number of hydrogen-bond acceptors (Lipinski definition) is 5. The lowest BCUT2D eigenvalue weighted by Gasteiger charge is -2.18. The van der Waals surface area contributed by atoms with Crippen molar-refractivity contribution >= 4 is 22.8 Å². The number of hydrogen-bond donors (Lipinski definition) is 2. The van der Waals surface area contributed by atoms with Gasteiger partial charge in [-0.05, 0) is 58.1 Å². The summed E-state index contributed by atoms with van der Waals surface area (Å²) in [5.41, 5.74) is 5.27. The van der Waals surface area contributed by atoms with E-state index in [0.717, 1.165) is 40.2 Å². The summed E-state index contributed by atoms with van der Waals surface area (Å²) in [5.74, 6) is 1.27. The van der Waals surface area contributed by atoms with Gasteiger partial charge in [-0.25, -0.2) is 9.97 Å². The standard InChI is InChI=1S/C26H31N5O3/c1-14-5-8-21(34-12-18-6-7-18)20(9-14)23-25-24(28-13-27-23)22(16(3)29-25)26(33)30-19-10-15(2)31(11-19)17(4)32/h5,8-9,13,15,18-19,29H,6-7,10-12H2,1-4H3,(H,30,33)/t15-,19+/m0/s1. The number of nitrogens with zero attached hydrogens (tertiary/aromatic N) is 3. The zero-order valence-corrected chi connectivity index (χ0v) is 20.1. The molecule has 0 bridgehead atoms. The minimum Gasteiger partial charge on any atom is -0.493 e. The zero-order chi connectivity index (χ0) is 24.0. The van der Waals surface area contributed by atoms with E-state index in [4.69, 9.17) is 4.74 Å². The van der Waals surface area contributed by atoms with Crippen molar-refractivity contribution in [3.05, 3.63) is 41.3 Å². The number of carbonyl (C=O) groups excluding carboxylic acids is 2. The van der Waals surface area contributed by atoms with E-state index < -0.39 is 0 Å². The molecular weight excluding hydrogens is 430 g/mol. The number of fused-ring (bicyclic) bond motifs is 1. The number of aromatic nitrogens is 3. The molecule has 3 aromatic rings. The topological polar surface area (TPSA) is 100 Å². The summed E-state index contributed by atoms with van der Waals surface area (Å²) in [6, 6.07) is 6.12. The normalized spacial score (nSPS) is 20.1. The maximum absolute atomic E-state index is 13.3. The van der Waals surface area contributed by atoms with E-state index in [9.17, 15) is 9.59 Å². The number of carbonyl (C=O) groups is 2. The average Bonchev–Trinajstić information content (AvgIpc) is 3.45. The molecule has 0 radical (unpaired) electrons. The first kappa shape index (κ1) is 22.4. The number of aryl methyl sites for hydroxylation is 2. The molecule has 8 heteroatoms. The summed E-state index contributed by atoms with van der Waals surface area (Å²) in [7, 11) is 0. The highest BCUT2D eigenvalue weighted by molar-refractivity contribution is 6.09. The molecule has 3 heterocycles. The quantitative estimate of drug-likeness (QED) is 0.582. The molecular formula is C26H31N5O3. The Balaban J connectivity index is 1.47. The number of nitrogens with one attached hydrogen (secondary N) is 2. The number of aromatic amines is 1. The molecule has 1 aliphatic carbocycles. The highest BCUT2D eigenvalue weighted by Crippen LogP contribution is 2.37. The van der Waals surface area contributed by atoms with Crippen molar-refractivity contribution in [1.82, 2.24) is 25.2 Å². The van der Waals surface area contributed by atoms with Gasteiger partial charge in [-0.2, -0.15) is 0 Å². The van der Waals surface area contributed by atoms with Crippen molar-refractivity contribution in [2.75, 3.05) is 13.2 Å². The van der Waals surface area contributed by atoms with Crippen LogP contribution in [0.25, 0.3) is 22.3 Å². The van der Waals surface area contributed by atoms with Crippen molar-refractivity contribution in [2.45, 2.75) is 59.0 Å². The number of benzene rings is 1. The Labute approximate surface area is 199 Å². The molecule has 8 nitrogen and oxygen atoms in total. The van der Waals surface area contributed by atoms with Crippen LogP contribution in [0.2, 0.25) is 0 Å². The zero-order valence-electron chi connectivity index (χ0n) is 20.1. The Morgan fingerprint density at radius 3 is 2.74 bits per heavy atom. The Bertz CT molecular complexity index is 1260. The number of H-pyrrole nitrogens is 1. The van der Waals surface area contributed by atoms with Crippen molar-refractivity contribution < 1.29 is 14.3 Å². The number of amides is 2. The van der Waals surface area contributed by atoms with Crippen LogP contribution in [0.4, 0.5) is 0 Å². The number of ether oxygens (including phenoxy) is 1. The van der Waals surface area contributed by atoms with Crippen LogP contribution in [0, 0.1) is 19.8 Å². The Morgan fingerprint density at radius 1 is 1.24 bits per heavy atom. The van der Waals surface area contributed by atoms with Crippen LogP contribution in [-0.2, 0) is 4.79 Å². The van der Waals surface area contributed by atoms with Gasteiger partial charge >= 0.3 is 0 Å². The van der Waals surface area contributed by atoms with Crippen LogP contribution in [0.3, 0.4) is 0 Å². The number of rotatable bonds is 6. The van der Waals surface area contributed by atoms with Crippen LogP contribution < -0.4 is 10.1 Å². The SMILES string of the molecule is CC(=O)N1C[C@H](NC(=O)c2c(C)[nH]c3c(-c4cc(C)ccc4OCC4CC4)ncnc23)C[C@@H]1C. The molecule has 2 N–H and O–H groups in total. The molecule has 0 spiro atoms. The molecule has 0 unspecified atom stereocenters. The van der Waals surface area contributed by atoms with Crippen LogP contribution in [0.5, 0.6) is 5.75 Å². The molecule has 178 valence electrons. The molecule has 1 saturated carbocycles. The minimum absolute atomic E-state index is 0.0303. The molecule has 2 aliphatic rings. The second kappa shape index (κ2) is 8.74. The van der Waals surface area contributed by atoms with Gasteiger partial charge in [-0.3, -0.25) is 9.59 Å². The van der Waals surface area contributed by atoms with Crippen molar-refractivity contribution in [1.29, 1.82) is 0 Å². The first-order valence-corrected chi connectivity index (χ1v) is 12.0. The van der Waals surface area contributed by atoms with Gasteiger partial charge in [0.15, 0.2) is 0 Å². The van der Waals surface area contributed by atoms with E-state index in [2.05, 4.69) is 26.3 Å². The van der Waals surface area contributed by atoms with E-state index in [1.54, 1.807) is 11.8 Å². The molecule has 1 aromatic carbocycles. The van der Waals surface area contributed by atoms with Crippen LogP contribution in [0.1, 0.15) is 54.7 Å². The summed E-state index contributed by atoms with van der Waals surface area (Å²) in [6.07, 6.45) is 4.68. The minimum atomic E-state index is -0.189. The predicted molar refractivity (Wildman–Crippen MR) is 130 cm³/mol. The Morgan fingerprint density at radius 2 is 2.03 bits per heavy atom. The van der Waals surface area contributed by atoms with Gasteiger partial charge in [-0.15, -0.1) is 0 Å². The fourth-order valence-corrected chi connectivity index (χ4v) is 4.88. The molecule has 1 aliphatic heterocycles. The summed E-state index contributed by atoms with van der Waals surface area (Å²) in [6.45, 7) is 8.72. The maximum atomic E-state index is 13.3. The largest absolute Gasteiger partial charge is 0.493 e. The van der Waals surface area contributed by atoms with Gasteiger partial charge in [0.25, 0.3) is 5.91 Å². The third-order valence-electron chi connectivity index (χ3n) is 6.87. The molecule has 2 fully saturated rings. The lowest BCUT2D eigenvalue weighted by Crippen LogP contribution is -2.38. The van der Waals surface area contributed by atoms with Gasteiger partial charge in [0.1, 0.15) is 23.3 Å². The first-order valence-electron chi connectivity index (χ1n) is 12.0. The van der Waals surface area contributed by atoms with Gasteiger partial charge in [0.2, 0.25) is 5.91 Å². The molecule has 2 atom stereocenters. The van der Waals surface area contributed by atoms with E-state index in [1.165, 1.54) is 19.2 Å². The molecule has 1 saturated heterocycles. The highest BCUT2D eigenvalue weighted by Gasteiger charge is 2.33. The summed E-state index contributed by atoms with van der Waals surface area (Å²) in [4.78, 5) is 39.4. The summed E-state index contributed by atoms with van der Waals surface area (Å²) >= 11 is 0. The third-order valence-corrected chi connectivity index (χ3v) is 6.87. The van der Waals surface area contributed by atoms with Crippen molar-refractivity contribution in [2.24, 2.45) is 5.92 Å². The van der Waals surface area contributed by atoms with Gasteiger partial charge < -0.3 is 19.9 Å². The van der Waals surface area contributed by atoms with Crippen molar-refractivity contribution in [3.63, 3.8) is 0 Å². The second-order valence-electron chi connectivity index (χ2n) is 9.75. The van der Waals surface area contributed by atoms with Crippen LogP contribution in [-0.4, -0.2) is 56.9 Å². The van der Waals surface area contributed by atoms with Gasteiger partial charge in [0, 0.05) is 36.8 Å². The molecule has 2 amide bonds. The lowest BCUT2D eigenvalue weighted by molar-refractivity contribution is -0.129. The van der Waals surface area contributed by atoms with Gasteiger partial charge in [0.05, 0.1) is 17.7 Å². The molecule has 5 rings (SSSR count). The monoisotopic (exact) mass is 461 g/mol. The second-order valence-corrected chi connectivity index (χ2v) is 9.75. The fraction of sp³-hybridized carbons (Fsp3) is 0.462. The summed E-state index contributed by atoms with van der Waals surface area (Å²) < 4.78 is 6.15. The first-order chi connectivity index (χ1) is 16.3. The summed E-state index contributed by atoms with van der Waals surface area (Å²) in [5, 5.41) is 3.11. The average molecular weight is 462 g/mol. The maximum Gasteiger partial charge on any atom is 0.255 e. The third kappa shape index (κ3) is 4.24. The van der Waals surface area contributed by atoms with E-state index >= 15 is 0 Å². The lowest BCUT2D eigenvalue weighted by atomic mass is 10.1. The van der Waals surface area contributed by atoms with Crippen LogP contribution >= 0.6 is 0 Å². The number of likely N-dealkylation sites (tertiary alicyclic amines) is 1. The van der Waals surface area contributed by atoms with Gasteiger partial charge in [-0.1, -0.05) is 11.6 Å². The Hall–Kier alpha value is -3.42. The van der Waals surface area contributed by atoms with E-state index in [-0.39, 0.29) is 23.9 Å². The smallest absolute Gasteiger partial charge is 0.255 e. The van der Waals surface area contributed by atoms with Crippen molar-refractivity contribution in [3.8, 4) is 17.0 Å². The fourth-order valence-electron chi connectivity index (χ4n) is 4.88. The molecule has 34 heavy (non-hydrogen) atoms. The Kier molecular flexibility index (Phi) is 5.75.